The van der Waals surface area contributed by atoms with Crippen LogP contribution >= 0.6 is 0 Å². The summed E-state index contributed by atoms with van der Waals surface area (Å²) in [6.07, 6.45) is 2.59. The van der Waals surface area contributed by atoms with Crippen LogP contribution in [0.25, 0.3) is 10.9 Å². The molecular weight excluding hydrogens is 240 g/mol. The van der Waals surface area contributed by atoms with Crippen LogP contribution in [0.2, 0.25) is 0 Å². The van der Waals surface area contributed by atoms with Gasteiger partial charge in [-0.3, -0.25) is 4.79 Å². The second-order valence-electron chi connectivity index (χ2n) is 5.23. The van der Waals surface area contributed by atoms with E-state index in [2.05, 4.69) is 24.1 Å². The highest BCUT2D eigenvalue weighted by Crippen LogP contribution is 2.17. The number of nitrogens with one attached hydrogen (secondary N) is 2. The molecule has 1 unspecified atom stereocenters. The van der Waals surface area contributed by atoms with E-state index < -0.39 is 0 Å². The Balaban J connectivity index is 2.17. The molecular formula is C15H20N2O2. The van der Waals surface area contributed by atoms with E-state index >= 15 is 0 Å². The average molecular weight is 260 g/mol. The number of H-pyrrole nitrogens is 1. The Labute approximate surface area is 112 Å². The smallest absolute Gasteiger partial charge is 0.252 e. The number of amides is 1. The molecule has 1 atom stereocenters. The molecule has 1 amide bonds. The first-order valence-electron chi connectivity index (χ1n) is 6.59. The first-order chi connectivity index (χ1) is 9.11. The standard InChI is InChI=1S/C15H20N2O2/c1-10(2)8-11(9-18)17-15(19)13-4-3-5-14-12(13)6-7-16-14/h3-7,10-11,16,18H,8-9H2,1-2H3,(H,17,19). The van der Waals surface area contributed by atoms with E-state index in [0.717, 1.165) is 17.3 Å². The normalized spacial score (nSPS) is 12.8. The summed E-state index contributed by atoms with van der Waals surface area (Å²) >= 11 is 0. The molecule has 0 radical (unpaired) electrons. The van der Waals surface area contributed by atoms with E-state index in [1.54, 1.807) is 6.07 Å². The molecule has 19 heavy (non-hydrogen) atoms. The van der Waals surface area contributed by atoms with Gasteiger partial charge in [0.2, 0.25) is 0 Å². The SMILES string of the molecule is CC(C)CC(CO)NC(=O)c1cccc2[nH]ccc12. The molecule has 0 fully saturated rings. The van der Waals surface area contributed by atoms with Gasteiger partial charge in [0.15, 0.2) is 0 Å². The van der Waals surface area contributed by atoms with Crippen LogP contribution in [0.5, 0.6) is 0 Å². The van der Waals surface area contributed by atoms with Gasteiger partial charge in [0.1, 0.15) is 0 Å². The van der Waals surface area contributed by atoms with Gasteiger partial charge in [-0.15, -0.1) is 0 Å². The van der Waals surface area contributed by atoms with Gasteiger partial charge in [0.05, 0.1) is 12.6 Å². The van der Waals surface area contributed by atoms with Gasteiger partial charge in [-0.05, 0) is 30.5 Å². The van der Waals surface area contributed by atoms with Crippen molar-refractivity contribution < 1.29 is 9.90 Å². The number of benzene rings is 1. The number of fused-ring (bicyclic) bond motifs is 1. The zero-order chi connectivity index (χ0) is 13.8. The Kier molecular flexibility index (Phi) is 4.22. The fourth-order valence-electron chi connectivity index (χ4n) is 2.29. The van der Waals surface area contributed by atoms with Gasteiger partial charge < -0.3 is 15.4 Å². The summed E-state index contributed by atoms with van der Waals surface area (Å²) in [7, 11) is 0. The van der Waals surface area contributed by atoms with E-state index in [1.807, 2.05) is 24.4 Å². The Morgan fingerprint density at radius 1 is 1.37 bits per heavy atom. The molecule has 0 saturated heterocycles. The number of rotatable bonds is 5. The fourth-order valence-corrected chi connectivity index (χ4v) is 2.29. The molecule has 0 aliphatic heterocycles. The second kappa shape index (κ2) is 5.89. The van der Waals surface area contributed by atoms with Crippen LogP contribution in [-0.2, 0) is 0 Å². The lowest BCUT2D eigenvalue weighted by molar-refractivity contribution is 0.0910. The molecule has 0 bridgehead atoms. The van der Waals surface area contributed by atoms with Crippen molar-refractivity contribution in [2.24, 2.45) is 5.92 Å². The van der Waals surface area contributed by atoms with Crippen LogP contribution < -0.4 is 5.32 Å². The highest BCUT2D eigenvalue weighted by molar-refractivity contribution is 6.06. The molecule has 0 aliphatic rings. The summed E-state index contributed by atoms with van der Waals surface area (Å²) in [5, 5.41) is 13.1. The van der Waals surface area contributed by atoms with Gasteiger partial charge in [-0.1, -0.05) is 19.9 Å². The monoisotopic (exact) mass is 260 g/mol. The number of aliphatic hydroxyl groups excluding tert-OH is 1. The number of aromatic nitrogens is 1. The van der Waals surface area contributed by atoms with E-state index in [1.165, 1.54) is 0 Å². The molecule has 0 spiro atoms. The van der Waals surface area contributed by atoms with E-state index in [4.69, 9.17) is 0 Å². The molecule has 0 aliphatic carbocycles. The van der Waals surface area contributed by atoms with Crippen LogP contribution in [0, 0.1) is 5.92 Å². The average Bonchev–Trinajstić information content (AvgIpc) is 2.85. The van der Waals surface area contributed by atoms with Crippen molar-refractivity contribution in [3.8, 4) is 0 Å². The number of aliphatic hydroxyl groups is 1. The van der Waals surface area contributed by atoms with Crippen molar-refractivity contribution in [2.75, 3.05) is 6.61 Å². The molecule has 3 N–H and O–H groups in total. The number of carbonyl (C=O) groups is 1. The molecule has 4 nitrogen and oxygen atoms in total. The summed E-state index contributed by atoms with van der Waals surface area (Å²) in [5.74, 6) is 0.297. The van der Waals surface area contributed by atoms with E-state index in [0.29, 0.717) is 11.5 Å². The van der Waals surface area contributed by atoms with Crippen molar-refractivity contribution in [3.63, 3.8) is 0 Å². The third kappa shape index (κ3) is 3.15. The minimum Gasteiger partial charge on any atom is -0.394 e. The summed E-state index contributed by atoms with van der Waals surface area (Å²) in [6.45, 7) is 4.11. The summed E-state index contributed by atoms with van der Waals surface area (Å²) in [5.41, 5.74) is 1.58. The van der Waals surface area contributed by atoms with Crippen molar-refractivity contribution in [1.82, 2.24) is 10.3 Å². The predicted molar refractivity (Wildman–Crippen MR) is 76.1 cm³/mol. The number of hydrogen-bond acceptors (Lipinski definition) is 2. The van der Waals surface area contributed by atoms with Crippen molar-refractivity contribution >= 4 is 16.8 Å². The molecule has 4 heteroatoms. The molecule has 102 valence electrons. The highest BCUT2D eigenvalue weighted by atomic mass is 16.3. The van der Waals surface area contributed by atoms with Gasteiger partial charge in [0.25, 0.3) is 5.91 Å². The molecule has 1 aromatic heterocycles. The fraction of sp³-hybridized carbons (Fsp3) is 0.400. The van der Waals surface area contributed by atoms with E-state index in [-0.39, 0.29) is 18.6 Å². The number of aromatic amines is 1. The zero-order valence-corrected chi connectivity index (χ0v) is 11.3. The van der Waals surface area contributed by atoms with Crippen LogP contribution in [0.15, 0.2) is 30.5 Å². The van der Waals surface area contributed by atoms with Gasteiger partial charge in [0, 0.05) is 22.7 Å². The Morgan fingerprint density at radius 3 is 2.84 bits per heavy atom. The lowest BCUT2D eigenvalue weighted by Crippen LogP contribution is -2.38. The van der Waals surface area contributed by atoms with Crippen LogP contribution in [0.1, 0.15) is 30.6 Å². The maximum atomic E-state index is 12.3. The van der Waals surface area contributed by atoms with Crippen molar-refractivity contribution in [2.45, 2.75) is 26.3 Å². The first kappa shape index (κ1) is 13.6. The molecule has 2 aromatic rings. The topological polar surface area (TPSA) is 65.1 Å². The minimum atomic E-state index is -0.193. The van der Waals surface area contributed by atoms with E-state index in [9.17, 15) is 9.90 Å². The largest absolute Gasteiger partial charge is 0.394 e. The van der Waals surface area contributed by atoms with Gasteiger partial charge in [-0.2, -0.15) is 0 Å². The Hall–Kier alpha value is -1.81. The minimum absolute atomic E-state index is 0.0347. The highest BCUT2D eigenvalue weighted by Gasteiger charge is 2.16. The summed E-state index contributed by atoms with van der Waals surface area (Å²) in [4.78, 5) is 15.4. The molecule has 0 saturated carbocycles. The zero-order valence-electron chi connectivity index (χ0n) is 11.3. The molecule has 1 heterocycles. The number of carbonyl (C=O) groups excluding carboxylic acids is 1. The van der Waals surface area contributed by atoms with Crippen molar-refractivity contribution in [1.29, 1.82) is 0 Å². The molecule has 2 rings (SSSR count). The van der Waals surface area contributed by atoms with Crippen LogP contribution in [0.4, 0.5) is 0 Å². The Morgan fingerprint density at radius 2 is 2.16 bits per heavy atom. The van der Waals surface area contributed by atoms with Gasteiger partial charge in [-0.25, -0.2) is 0 Å². The van der Waals surface area contributed by atoms with Crippen LogP contribution in [-0.4, -0.2) is 28.6 Å². The quantitative estimate of drug-likeness (QED) is 0.772. The third-order valence-corrected chi connectivity index (χ3v) is 3.15. The lowest BCUT2D eigenvalue weighted by Gasteiger charge is -2.18. The molecule has 1 aromatic carbocycles. The first-order valence-corrected chi connectivity index (χ1v) is 6.59. The lowest BCUT2D eigenvalue weighted by atomic mass is 10.0. The van der Waals surface area contributed by atoms with Crippen molar-refractivity contribution in [3.05, 3.63) is 36.0 Å². The third-order valence-electron chi connectivity index (χ3n) is 3.15. The Bertz CT molecular complexity index is 560. The van der Waals surface area contributed by atoms with Gasteiger partial charge >= 0.3 is 0 Å². The maximum Gasteiger partial charge on any atom is 0.252 e. The second-order valence-corrected chi connectivity index (χ2v) is 5.23. The summed E-state index contributed by atoms with van der Waals surface area (Å²) < 4.78 is 0. The maximum absolute atomic E-state index is 12.3. The summed E-state index contributed by atoms with van der Waals surface area (Å²) in [6, 6.07) is 7.28. The number of hydrogen-bond donors (Lipinski definition) is 3. The van der Waals surface area contributed by atoms with Crippen LogP contribution in [0.3, 0.4) is 0 Å². The predicted octanol–water partition coefficient (Wildman–Crippen LogP) is 2.30.